The van der Waals surface area contributed by atoms with Gasteiger partial charge in [-0.3, -0.25) is 4.79 Å². The van der Waals surface area contributed by atoms with Crippen LogP contribution in [0.4, 0.5) is 5.69 Å². The van der Waals surface area contributed by atoms with Gasteiger partial charge in [0.1, 0.15) is 5.69 Å². The second-order valence-electron chi connectivity index (χ2n) is 5.12. The summed E-state index contributed by atoms with van der Waals surface area (Å²) >= 11 is 0. The van der Waals surface area contributed by atoms with Crippen molar-refractivity contribution in [2.24, 2.45) is 0 Å². The van der Waals surface area contributed by atoms with Gasteiger partial charge < -0.3 is 9.84 Å². The first-order valence-electron chi connectivity index (χ1n) is 6.84. The van der Waals surface area contributed by atoms with Crippen molar-refractivity contribution in [1.29, 1.82) is 0 Å². The largest absolute Gasteiger partial charge is 0.356 e. The minimum absolute atomic E-state index is 0.0912. The molecule has 4 heteroatoms. The zero-order valence-electron chi connectivity index (χ0n) is 12.0. The summed E-state index contributed by atoms with van der Waals surface area (Å²) in [7, 11) is 0. The monoisotopic (exact) mass is 280 g/mol. The van der Waals surface area contributed by atoms with Gasteiger partial charge in [0, 0.05) is 11.1 Å². The molecule has 4 nitrogen and oxygen atoms in total. The third-order valence-electron chi connectivity index (χ3n) is 3.53. The number of nitrogens with one attached hydrogen (secondary N) is 1. The lowest BCUT2D eigenvalue weighted by atomic mass is 10.1. The van der Waals surface area contributed by atoms with Gasteiger partial charge in [-0.15, -0.1) is 0 Å². The number of anilines is 1. The molecule has 3 rings (SSSR count). The van der Waals surface area contributed by atoms with E-state index in [0.29, 0.717) is 11.3 Å². The second kappa shape index (κ2) is 5.40. The predicted molar refractivity (Wildman–Crippen MR) is 82.3 cm³/mol. The lowest BCUT2D eigenvalue weighted by molar-refractivity contribution is -0.115. The van der Waals surface area contributed by atoms with Crippen molar-refractivity contribution in [3.8, 4) is 0 Å². The molecule has 0 spiro atoms. The fourth-order valence-electron chi connectivity index (χ4n) is 2.41. The number of hydrogen-bond acceptors (Lipinski definition) is 3. The van der Waals surface area contributed by atoms with E-state index in [0.717, 1.165) is 22.2 Å². The van der Waals surface area contributed by atoms with Crippen molar-refractivity contribution in [2.45, 2.75) is 20.3 Å². The maximum atomic E-state index is 12.2. The Balaban J connectivity index is 1.81. The minimum Gasteiger partial charge on any atom is -0.356 e. The first-order valence-corrected chi connectivity index (χ1v) is 6.84. The molecule has 0 aliphatic rings. The summed E-state index contributed by atoms with van der Waals surface area (Å²) in [5.41, 5.74) is 4.33. The molecule has 106 valence electrons. The van der Waals surface area contributed by atoms with Crippen LogP contribution in [0.25, 0.3) is 11.0 Å². The molecule has 0 bridgehead atoms. The Bertz CT molecular complexity index is 785. The van der Waals surface area contributed by atoms with Gasteiger partial charge in [0.2, 0.25) is 5.91 Å². The van der Waals surface area contributed by atoms with Crippen LogP contribution in [0.2, 0.25) is 0 Å². The number of aromatic nitrogens is 1. The maximum Gasteiger partial charge on any atom is 0.230 e. The van der Waals surface area contributed by atoms with Crippen molar-refractivity contribution in [2.75, 3.05) is 5.32 Å². The second-order valence-corrected chi connectivity index (χ2v) is 5.12. The summed E-state index contributed by atoms with van der Waals surface area (Å²) in [6.07, 6.45) is 0.199. The predicted octanol–water partition coefficient (Wildman–Crippen LogP) is 3.63. The van der Waals surface area contributed by atoms with E-state index in [1.165, 1.54) is 0 Å². The van der Waals surface area contributed by atoms with E-state index >= 15 is 0 Å². The van der Waals surface area contributed by atoms with E-state index in [1.807, 2.05) is 56.3 Å². The van der Waals surface area contributed by atoms with Crippen molar-refractivity contribution < 1.29 is 9.32 Å². The number of carbonyl (C=O) groups is 1. The number of carbonyl (C=O) groups excluding carboxylic acids is 1. The maximum absolute atomic E-state index is 12.2. The van der Waals surface area contributed by atoms with E-state index in [-0.39, 0.29) is 12.3 Å². The summed E-state index contributed by atoms with van der Waals surface area (Å²) < 4.78 is 5.22. The summed E-state index contributed by atoms with van der Waals surface area (Å²) in [6, 6.07) is 13.5. The Morgan fingerprint density at radius 2 is 1.81 bits per heavy atom. The zero-order chi connectivity index (χ0) is 14.8. The van der Waals surface area contributed by atoms with Crippen molar-refractivity contribution in [3.05, 3.63) is 59.3 Å². The Hall–Kier alpha value is -2.62. The van der Waals surface area contributed by atoms with Crippen LogP contribution in [0.1, 0.15) is 16.8 Å². The molecule has 0 unspecified atom stereocenters. The van der Waals surface area contributed by atoms with Crippen LogP contribution < -0.4 is 5.32 Å². The summed E-state index contributed by atoms with van der Waals surface area (Å²) in [4.78, 5) is 12.2. The van der Waals surface area contributed by atoms with Crippen molar-refractivity contribution in [3.63, 3.8) is 0 Å². The lowest BCUT2D eigenvalue weighted by Crippen LogP contribution is -2.16. The quantitative estimate of drug-likeness (QED) is 0.797. The van der Waals surface area contributed by atoms with Gasteiger partial charge in [-0.05, 0) is 37.1 Å². The highest BCUT2D eigenvalue weighted by Gasteiger charge is 2.13. The molecule has 0 aliphatic heterocycles. The molecule has 0 fully saturated rings. The molecular formula is C17H16N2O2. The number of amides is 1. The zero-order valence-corrected chi connectivity index (χ0v) is 12.0. The number of para-hydroxylation sites is 2. The highest BCUT2D eigenvalue weighted by atomic mass is 16.5. The van der Waals surface area contributed by atoms with Crippen molar-refractivity contribution in [1.82, 2.24) is 5.16 Å². The smallest absolute Gasteiger partial charge is 0.230 e. The van der Waals surface area contributed by atoms with Crippen molar-refractivity contribution >= 4 is 22.6 Å². The van der Waals surface area contributed by atoms with Gasteiger partial charge in [0.15, 0.2) is 5.58 Å². The van der Waals surface area contributed by atoms with Crippen LogP contribution in [0.15, 0.2) is 47.0 Å². The molecule has 0 atom stereocenters. The number of hydrogen-bond donors (Lipinski definition) is 1. The molecule has 3 aromatic rings. The average molecular weight is 280 g/mol. The van der Waals surface area contributed by atoms with Gasteiger partial charge in [0.05, 0.1) is 6.42 Å². The average Bonchev–Trinajstić information content (AvgIpc) is 2.87. The van der Waals surface area contributed by atoms with Gasteiger partial charge in [-0.1, -0.05) is 35.5 Å². The van der Waals surface area contributed by atoms with Gasteiger partial charge in [-0.2, -0.15) is 0 Å². The Labute approximate surface area is 122 Å². The molecule has 1 aromatic heterocycles. The van der Waals surface area contributed by atoms with Crippen LogP contribution in [0.3, 0.4) is 0 Å². The van der Waals surface area contributed by atoms with Crippen LogP contribution >= 0.6 is 0 Å². The summed E-state index contributed by atoms with van der Waals surface area (Å²) in [6.45, 7) is 3.96. The van der Waals surface area contributed by atoms with Crippen LogP contribution in [0, 0.1) is 13.8 Å². The number of rotatable bonds is 3. The number of aryl methyl sites for hydroxylation is 2. The van der Waals surface area contributed by atoms with Gasteiger partial charge in [0.25, 0.3) is 0 Å². The molecule has 21 heavy (non-hydrogen) atoms. The van der Waals surface area contributed by atoms with E-state index < -0.39 is 0 Å². The van der Waals surface area contributed by atoms with E-state index in [2.05, 4.69) is 10.5 Å². The van der Waals surface area contributed by atoms with Crippen LogP contribution in [-0.2, 0) is 11.2 Å². The Morgan fingerprint density at radius 1 is 1.10 bits per heavy atom. The molecule has 1 N–H and O–H groups in total. The molecule has 0 saturated heterocycles. The van der Waals surface area contributed by atoms with E-state index in [1.54, 1.807) is 0 Å². The highest BCUT2D eigenvalue weighted by Crippen LogP contribution is 2.21. The summed E-state index contributed by atoms with van der Waals surface area (Å²) in [5.74, 6) is -0.0912. The molecular weight excluding hydrogens is 264 g/mol. The number of nitrogens with zero attached hydrogens (tertiary/aromatic N) is 1. The minimum atomic E-state index is -0.0912. The molecule has 0 saturated carbocycles. The third kappa shape index (κ3) is 2.65. The standard InChI is InChI=1S/C17H16N2O2/c1-11-6-5-7-12(2)17(11)18-16(20)10-14-13-8-3-4-9-15(13)21-19-14/h3-9H,10H2,1-2H3,(H,18,20). The van der Waals surface area contributed by atoms with E-state index in [4.69, 9.17) is 4.52 Å². The topological polar surface area (TPSA) is 55.1 Å². The number of fused-ring (bicyclic) bond motifs is 1. The SMILES string of the molecule is Cc1cccc(C)c1NC(=O)Cc1noc2ccccc12. The molecule has 0 aliphatic carbocycles. The third-order valence-corrected chi connectivity index (χ3v) is 3.53. The Morgan fingerprint density at radius 3 is 2.57 bits per heavy atom. The van der Waals surface area contributed by atoms with Crippen LogP contribution in [0.5, 0.6) is 0 Å². The molecule has 0 radical (unpaired) electrons. The summed E-state index contributed by atoms with van der Waals surface area (Å²) in [5, 5.41) is 7.83. The van der Waals surface area contributed by atoms with E-state index in [9.17, 15) is 4.79 Å². The number of benzene rings is 2. The normalized spacial score (nSPS) is 10.8. The highest BCUT2D eigenvalue weighted by molar-refractivity contribution is 5.95. The fraction of sp³-hybridized carbons (Fsp3) is 0.176. The first-order chi connectivity index (χ1) is 10.1. The lowest BCUT2D eigenvalue weighted by Gasteiger charge is -2.10. The van der Waals surface area contributed by atoms with Gasteiger partial charge in [-0.25, -0.2) is 0 Å². The molecule has 2 aromatic carbocycles. The fourth-order valence-corrected chi connectivity index (χ4v) is 2.41. The first kappa shape index (κ1) is 13.4. The van der Waals surface area contributed by atoms with Crippen LogP contribution in [-0.4, -0.2) is 11.1 Å². The Kier molecular flexibility index (Phi) is 3.44. The molecule has 1 heterocycles. The molecule has 1 amide bonds. The van der Waals surface area contributed by atoms with Gasteiger partial charge >= 0.3 is 0 Å².